The van der Waals surface area contributed by atoms with Crippen molar-refractivity contribution in [3.63, 3.8) is 0 Å². The average molecular weight is 399 g/mol. The van der Waals surface area contributed by atoms with Gasteiger partial charge in [0.25, 0.3) is 0 Å². The fraction of sp³-hybridized carbons (Fsp3) is 0.182. The molecule has 0 N–H and O–H groups in total. The van der Waals surface area contributed by atoms with Crippen LogP contribution in [0.5, 0.6) is 0 Å². The lowest BCUT2D eigenvalue weighted by Crippen LogP contribution is -2.28. The number of hydrogen-bond acceptors (Lipinski definition) is 0. The Morgan fingerprint density at radius 1 is 0.708 bits per heavy atom. The fourth-order valence-electron chi connectivity index (χ4n) is 3.36. The van der Waals surface area contributed by atoms with Gasteiger partial charge in [0.2, 0.25) is 0 Å². The lowest BCUT2D eigenvalue weighted by molar-refractivity contribution is 0.552. The van der Waals surface area contributed by atoms with Crippen molar-refractivity contribution in [1.29, 1.82) is 0 Å². The lowest BCUT2D eigenvalue weighted by atomic mass is 9.75. The lowest BCUT2D eigenvalue weighted by Gasteiger charge is -2.37. The molecule has 3 aromatic rings. The van der Waals surface area contributed by atoms with E-state index in [1.807, 2.05) is 0 Å². The van der Waals surface area contributed by atoms with E-state index >= 15 is 0 Å². The number of alkyl halides is 1. The molecule has 0 spiro atoms. The maximum Gasteiger partial charge on any atom is 0.0822 e. The average Bonchev–Trinajstić information content (AvgIpc) is 2.64. The Morgan fingerprint density at radius 3 is 1.46 bits per heavy atom. The summed E-state index contributed by atoms with van der Waals surface area (Å²) in [5.74, 6) is 0.355. The summed E-state index contributed by atoms with van der Waals surface area (Å²) in [5, 5.41) is 0. The van der Waals surface area contributed by atoms with Gasteiger partial charge in [0, 0.05) is 5.92 Å². The van der Waals surface area contributed by atoms with Crippen molar-refractivity contribution in [3.8, 4) is 0 Å². The van der Waals surface area contributed by atoms with Gasteiger partial charge in [0.15, 0.2) is 0 Å². The van der Waals surface area contributed by atoms with Gasteiger partial charge >= 0.3 is 0 Å². The van der Waals surface area contributed by atoms with Crippen molar-refractivity contribution in [2.24, 2.45) is 0 Å². The van der Waals surface area contributed by atoms with Crippen LogP contribution in [0.4, 0.5) is 0 Å². The van der Waals surface area contributed by atoms with E-state index in [9.17, 15) is 0 Å². The van der Waals surface area contributed by atoms with Gasteiger partial charge in [0.1, 0.15) is 0 Å². The Labute approximate surface area is 157 Å². The molecule has 3 aromatic carbocycles. The Kier molecular flexibility index (Phi) is 6.78. The Morgan fingerprint density at radius 2 is 1.08 bits per heavy atom. The third-order valence-electron chi connectivity index (χ3n) is 4.48. The van der Waals surface area contributed by atoms with E-state index in [0.717, 1.165) is 6.42 Å². The summed E-state index contributed by atoms with van der Waals surface area (Å²) >= 11 is 4.17. The van der Waals surface area contributed by atoms with Gasteiger partial charge in [-0.3, -0.25) is 0 Å². The van der Waals surface area contributed by atoms with Crippen LogP contribution in [0.3, 0.4) is 0 Å². The Bertz CT molecular complexity index is 686. The van der Waals surface area contributed by atoms with Crippen molar-refractivity contribution in [1.82, 2.24) is 0 Å². The maximum atomic E-state index is 4.17. The normalized spacial score (nSPS) is 12.2. The predicted molar refractivity (Wildman–Crippen MR) is 113 cm³/mol. The molecule has 24 heavy (non-hydrogen) atoms. The standard InChI is InChI=1S/C22H21Br.H3P/c1-2-21(18-12-6-3-7-13-18)22(23,19-14-8-4-9-15-19)20-16-10-5-11-17-20;/h3-17,21H,2H2,1H3;1H3. The highest BCUT2D eigenvalue weighted by molar-refractivity contribution is 9.09. The van der Waals surface area contributed by atoms with Crippen molar-refractivity contribution in [3.05, 3.63) is 108 Å². The number of halogens is 1. The number of hydrogen-bond donors (Lipinski definition) is 0. The molecule has 0 aliphatic carbocycles. The van der Waals surface area contributed by atoms with E-state index in [-0.39, 0.29) is 14.2 Å². The first-order chi connectivity index (χ1) is 11.3. The van der Waals surface area contributed by atoms with Gasteiger partial charge in [-0.05, 0) is 23.1 Å². The number of rotatable bonds is 5. The Balaban J connectivity index is 0.00000208. The molecule has 0 saturated heterocycles. The third-order valence-corrected chi connectivity index (χ3v) is 5.95. The summed E-state index contributed by atoms with van der Waals surface area (Å²) in [6.45, 7) is 2.26. The van der Waals surface area contributed by atoms with Crippen LogP contribution >= 0.6 is 25.8 Å². The molecular weight excluding hydrogens is 375 g/mol. The quantitative estimate of drug-likeness (QED) is 0.336. The zero-order valence-electron chi connectivity index (χ0n) is 14.0. The summed E-state index contributed by atoms with van der Waals surface area (Å²) in [4.78, 5) is 0. The van der Waals surface area contributed by atoms with Crippen molar-refractivity contribution >= 4 is 25.8 Å². The molecule has 0 fully saturated rings. The monoisotopic (exact) mass is 398 g/mol. The van der Waals surface area contributed by atoms with Crippen LogP contribution in [-0.4, -0.2) is 0 Å². The molecule has 0 saturated carbocycles. The van der Waals surface area contributed by atoms with Crippen LogP contribution in [0.2, 0.25) is 0 Å². The van der Waals surface area contributed by atoms with Gasteiger partial charge in [0.05, 0.1) is 4.32 Å². The van der Waals surface area contributed by atoms with Gasteiger partial charge in [-0.2, -0.15) is 9.90 Å². The molecule has 0 nitrogen and oxygen atoms in total. The zero-order chi connectivity index (χ0) is 16.1. The first-order valence-electron chi connectivity index (χ1n) is 8.11. The first kappa shape index (κ1) is 18.9. The van der Waals surface area contributed by atoms with Crippen molar-refractivity contribution in [2.45, 2.75) is 23.6 Å². The van der Waals surface area contributed by atoms with Gasteiger partial charge in [-0.1, -0.05) is 114 Å². The molecule has 0 amide bonds. The van der Waals surface area contributed by atoms with Crippen LogP contribution in [0.25, 0.3) is 0 Å². The summed E-state index contributed by atoms with van der Waals surface area (Å²) < 4.78 is -0.231. The smallest absolute Gasteiger partial charge is 0.0822 e. The van der Waals surface area contributed by atoms with Crippen molar-refractivity contribution in [2.75, 3.05) is 0 Å². The molecule has 0 aliphatic heterocycles. The van der Waals surface area contributed by atoms with E-state index in [2.05, 4.69) is 114 Å². The Hall–Kier alpha value is -1.43. The SMILES string of the molecule is CCC(c1ccccc1)C(Br)(c1ccccc1)c1ccccc1.P. The first-order valence-corrected chi connectivity index (χ1v) is 8.91. The summed E-state index contributed by atoms with van der Waals surface area (Å²) in [6.07, 6.45) is 1.05. The second kappa shape index (κ2) is 8.60. The largest absolute Gasteiger partial charge is 0.153 e. The van der Waals surface area contributed by atoms with E-state index in [1.165, 1.54) is 16.7 Å². The molecule has 124 valence electrons. The van der Waals surface area contributed by atoms with Crippen LogP contribution in [-0.2, 0) is 4.32 Å². The van der Waals surface area contributed by atoms with Crippen LogP contribution < -0.4 is 0 Å². The molecule has 2 heteroatoms. The molecule has 0 aromatic heterocycles. The van der Waals surface area contributed by atoms with Crippen LogP contribution in [0.15, 0.2) is 91.0 Å². The second-order valence-electron chi connectivity index (χ2n) is 5.82. The van der Waals surface area contributed by atoms with Gasteiger partial charge in [-0.25, -0.2) is 0 Å². The summed E-state index contributed by atoms with van der Waals surface area (Å²) in [5.41, 5.74) is 3.95. The maximum absolute atomic E-state index is 4.17. The van der Waals surface area contributed by atoms with Gasteiger partial charge < -0.3 is 0 Å². The van der Waals surface area contributed by atoms with Crippen LogP contribution in [0, 0.1) is 0 Å². The minimum atomic E-state index is -0.231. The topological polar surface area (TPSA) is 0 Å². The molecule has 0 radical (unpaired) electrons. The molecule has 2 unspecified atom stereocenters. The second-order valence-corrected chi connectivity index (χ2v) is 7.07. The molecule has 0 heterocycles. The third kappa shape index (κ3) is 3.63. The van der Waals surface area contributed by atoms with E-state index in [4.69, 9.17) is 0 Å². The zero-order valence-corrected chi connectivity index (χ0v) is 17.0. The number of benzene rings is 3. The fourth-order valence-corrected chi connectivity index (χ4v) is 4.48. The molecular formula is C22H24BrP. The molecule has 2 atom stereocenters. The molecule has 3 rings (SSSR count). The summed E-state index contributed by atoms with van der Waals surface area (Å²) in [6, 6.07) is 32.3. The highest BCUT2D eigenvalue weighted by Gasteiger charge is 2.39. The minimum absolute atomic E-state index is 0. The van der Waals surface area contributed by atoms with E-state index in [1.54, 1.807) is 0 Å². The van der Waals surface area contributed by atoms with E-state index < -0.39 is 0 Å². The highest BCUT2D eigenvalue weighted by atomic mass is 79.9. The van der Waals surface area contributed by atoms with Crippen molar-refractivity contribution < 1.29 is 0 Å². The molecule has 0 bridgehead atoms. The predicted octanol–water partition coefficient (Wildman–Crippen LogP) is 6.58. The highest BCUT2D eigenvalue weighted by Crippen LogP contribution is 2.50. The van der Waals surface area contributed by atoms with Gasteiger partial charge in [-0.15, -0.1) is 0 Å². The molecule has 0 aliphatic rings. The van der Waals surface area contributed by atoms with Crippen LogP contribution in [0.1, 0.15) is 36.0 Å². The van der Waals surface area contributed by atoms with E-state index in [0.29, 0.717) is 5.92 Å². The minimum Gasteiger partial charge on any atom is -0.153 e. The summed E-state index contributed by atoms with van der Waals surface area (Å²) in [7, 11) is 0.